The van der Waals surface area contributed by atoms with Crippen LogP contribution in [0.25, 0.3) is 0 Å². The second kappa shape index (κ2) is 48.6. The molecule has 0 aliphatic rings. The summed E-state index contributed by atoms with van der Waals surface area (Å²) >= 11 is 0. The predicted octanol–water partition coefficient (Wildman–Crippen LogP) is -1.10. The van der Waals surface area contributed by atoms with Crippen molar-refractivity contribution in [3.05, 3.63) is 0 Å². The summed E-state index contributed by atoms with van der Waals surface area (Å²) in [6.45, 7) is 18.1. The molecule has 37 heavy (non-hydrogen) atoms. The molecule has 0 aliphatic heterocycles. The van der Waals surface area contributed by atoms with Gasteiger partial charge in [0.25, 0.3) is 0 Å². The summed E-state index contributed by atoms with van der Waals surface area (Å²) in [5.41, 5.74) is 35.9. The van der Waals surface area contributed by atoms with E-state index < -0.39 is 0 Å². The van der Waals surface area contributed by atoms with Crippen LogP contribution in [0.5, 0.6) is 0 Å². The third kappa shape index (κ3) is 130. The highest BCUT2D eigenvalue weighted by Crippen LogP contribution is 1.80. The molecule has 0 unspecified atom stereocenters. The van der Waals surface area contributed by atoms with Crippen molar-refractivity contribution in [1.29, 1.82) is 0 Å². The molecule has 0 radical (unpaired) electrons. The van der Waals surface area contributed by atoms with Crippen LogP contribution in [0.3, 0.4) is 0 Å². The van der Waals surface area contributed by atoms with Crippen molar-refractivity contribution in [3.63, 3.8) is 0 Å². The van der Waals surface area contributed by atoms with Crippen LogP contribution in [0, 0.1) is 0 Å². The quantitative estimate of drug-likeness (QED) is 0.163. The molecule has 0 bridgehead atoms. The van der Waals surface area contributed by atoms with Gasteiger partial charge in [-0.2, -0.15) is 0 Å². The average Bonchev–Trinajstić information content (AvgIpc) is 2.89. The molecule has 0 amide bonds. The van der Waals surface area contributed by atoms with E-state index in [-0.39, 0.29) is 50.2 Å². The number of nitrogens with two attached hydrogens (primary N) is 7. The van der Waals surface area contributed by atoms with Crippen LogP contribution >= 0.6 is 0 Å². The van der Waals surface area contributed by atoms with Crippen molar-refractivity contribution in [2.75, 3.05) is 32.9 Å². The molecular weight excluding hydrogens is 478 g/mol. The summed E-state index contributed by atoms with van der Waals surface area (Å²) in [5, 5.41) is 40.9. The lowest BCUT2D eigenvalue weighted by Gasteiger charge is -1.98. The monoisotopic (exact) mass is 550 g/mol. The number of aliphatic hydroxyl groups is 5. The Bertz CT molecular complexity index is 265. The lowest BCUT2D eigenvalue weighted by molar-refractivity contribution is 0.203. The van der Waals surface area contributed by atoms with Gasteiger partial charge >= 0.3 is 0 Å². The number of aliphatic hydroxyl groups excluding tert-OH is 5. The molecule has 0 heterocycles. The Morgan fingerprint density at radius 2 is 0.622 bits per heavy atom. The van der Waals surface area contributed by atoms with Gasteiger partial charge in [0.1, 0.15) is 0 Å². The minimum Gasteiger partial charge on any atom is -0.395 e. The molecule has 0 aromatic rings. The zero-order chi connectivity index (χ0) is 31.4. The van der Waals surface area contributed by atoms with Crippen LogP contribution in [0.4, 0.5) is 0 Å². The van der Waals surface area contributed by atoms with Crippen molar-refractivity contribution in [2.24, 2.45) is 40.1 Å². The molecule has 7 atom stereocenters. The molecule has 0 aromatic carbocycles. The van der Waals surface area contributed by atoms with E-state index in [2.05, 4.69) is 13.8 Å². The number of hydrogen-bond donors (Lipinski definition) is 12. The molecule has 0 fully saturated rings. The van der Waals surface area contributed by atoms with Gasteiger partial charge in [-0.25, -0.2) is 0 Å². The minimum absolute atomic E-state index is 0.00926. The Kier molecular flexibility index (Phi) is 69.4. The Labute approximate surface area is 229 Å². The van der Waals surface area contributed by atoms with E-state index in [1.807, 2.05) is 27.7 Å². The van der Waals surface area contributed by atoms with Crippen molar-refractivity contribution in [1.82, 2.24) is 0 Å². The van der Waals surface area contributed by atoms with Gasteiger partial charge in [0.15, 0.2) is 0 Å². The van der Waals surface area contributed by atoms with Crippen LogP contribution < -0.4 is 40.1 Å². The Morgan fingerprint density at radius 3 is 0.622 bits per heavy atom. The summed E-state index contributed by atoms with van der Waals surface area (Å²) in [6.07, 6.45) is 3.21. The van der Waals surface area contributed by atoms with E-state index in [4.69, 9.17) is 65.7 Å². The van der Waals surface area contributed by atoms with Gasteiger partial charge in [-0.15, -0.1) is 0 Å². The van der Waals surface area contributed by atoms with E-state index in [1.165, 1.54) is 0 Å². The molecule has 0 aliphatic carbocycles. The van der Waals surface area contributed by atoms with E-state index in [9.17, 15) is 0 Å². The van der Waals surface area contributed by atoms with Crippen LogP contribution in [-0.4, -0.2) is 101 Å². The maximum absolute atomic E-state index is 8.24. The second-order valence-electron chi connectivity index (χ2n) is 8.80. The lowest BCUT2D eigenvalue weighted by Crippen LogP contribution is -2.22. The Morgan fingerprint density at radius 1 is 0.459 bits per heavy atom. The van der Waals surface area contributed by atoms with Gasteiger partial charge < -0.3 is 65.7 Å². The smallest absolute Gasteiger partial charge is 0.0634 e. The molecule has 19 N–H and O–H groups in total. The molecule has 12 nitrogen and oxygen atoms in total. The van der Waals surface area contributed by atoms with Gasteiger partial charge in [-0.3, -0.25) is 0 Å². The normalized spacial score (nSPS) is 14.8. The number of hydrogen-bond acceptors (Lipinski definition) is 12. The third-order valence-electron chi connectivity index (χ3n) is 3.78. The van der Waals surface area contributed by atoms with Gasteiger partial charge in [0.05, 0.1) is 32.0 Å². The highest BCUT2D eigenvalue weighted by Gasteiger charge is 1.90. The predicted molar refractivity (Wildman–Crippen MR) is 161 cm³/mol. The van der Waals surface area contributed by atoms with Crippen LogP contribution in [-0.2, 0) is 0 Å². The molecule has 0 saturated carbocycles. The number of rotatable bonds is 9. The maximum Gasteiger partial charge on any atom is 0.0634 e. The summed E-state index contributed by atoms with van der Waals surface area (Å²) in [4.78, 5) is 0. The van der Waals surface area contributed by atoms with Crippen LogP contribution in [0.15, 0.2) is 0 Å². The highest BCUT2D eigenvalue weighted by molar-refractivity contribution is 4.52. The van der Waals surface area contributed by atoms with Crippen LogP contribution in [0.1, 0.15) is 88.0 Å². The first kappa shape index (κ1) is 52.9. The first-order chi connectivity index (χ1) is 17.0. The zero-order valence-electron chi connectivity index (χ0n) is 25.7. The van der Waals surface area contributed by atoms with E-state index in [0.29, 0.717) is 25.2 Å². The van der Waals surface area contributed by atoms with Crippen LogP contribution in [0.2, 0.25) is 0 Å². The Balaban J connectivity index is -0.0000000569. The molecule has 0 aromatic heterocycles. The van der Waals surface area contributed by atoms with E-state index in [0.717, 1.165) is 25.7 Å². The zero-order valence-corrected chi connectivity index (χ0v) is 25.7. The molecule has 236 valence electrons. The first-order valence-electron chi connectivity index (χ1n) is 13.3. The lowest BCUT2D eigenvalue weighted by atomic mass is 10.3. The average molecular weight is 550 g/mol. The van der Waals surface area contributed by atoms with Gasteiger partial charge in [-0.1, -0.05) is 27.7 Å². The van der Waals surface area contributed by atoms with Gasteiger partial charge in [0.2, 0.25) is 0 Å². The fourth-order valence-corrected chi connectivity index (χ4v) is 0.258. The summed E-state index contributed by atoms with van der Waals surface area (Å²) in [6, 6.07) is 0.690. The standard InChI is InChI=1S/2C4H11NO.2C4H11N.3C3H9NO/c2*1-2-4(5)3-6;2*1-3-4(2)5;1-3(4)2-5;2*1-3(5)2-4/h2*4,6H,2-3,5H2,1H3;2*4H,3,5H2,1-2H3;3*3,5H,2,4H2,1H3/t4*4-;3*3-/m1010110/s1. The Hall–Kier alpha value is -0.480. The first-order valence-corrected chi connectivity index (χ1v) is 13.3. The fraction of sp³-hybridized carbons (Fsp3) is 1.00. The maximum atomic E-state index is 8.24. The molecular formula is C25H71N7O5. The molecule has 12 heteroatoms. The SMILES string of the molecule is CC[C@@H](C)N.CC[C@@H](N)CO.CC[C@H](C)N.CC[C@H](N)CO.C[C@@H](N)CO.C[C@@H](O)CN.C[C@H](O)CN. The topological polar surface area (TPSA) is 283 Å². The summed E-state index contributed by atoms with van der Waals surface area (Å²) in [5.74, 6) is 0. The molecule has 0 rings (SSSR count). The summed E-state index contributed by atoms with van der Waals surface area (Å²) < 4.78 is 0. The van der Waals surface area contributed by atoms with E-state index >= 15 is 0 Å². The highest BCUT2D eigenvalue weighted by atomic mass is 16.3. The second-order valence-corrected chi connectivity index (χ2v) is 8.80. The summed E-state index contributed by atoms with van der Waals surface area (Å²) in [7, 11) is 0. The minimum atomic E-state index is -0.338. The van der Waals surface area contributed by atoms with Gasteiger partial charge in [-0.05, 0) is 60.3 Å². The molecule has 0 saturated heterocycles. The fourth-order valence-electron chi connectivity index (χ4n) is 0.258. The van der Waals surface area contributed by atoms with Crippen molar-refractivity contribution < 1.29 is 25.5 Å². The van der Waals surface area contributed by atoms with Crippen molar-refractivity contribution >= 4 is 0 Å². The van der Waals surface area contributed by atoms with E-state index in [1.54, 1.807) is 20.8 Å². The largest absolute Gasteiger partial charge is 0.395 e. The van der Waals surface area contributed by atoms with Crippen molar-refractivity contribution in [2.45, 2.75) is 130 Å². The van der Waals surface area contributed by atoms with Crippen molar-refractivity contribution in [3.8, 4) is 0 Å². The third-order valence-corrected chi connectivity index (χ3v) is 3.78. The van der Waals surface area contributed by atoms with Gasteiger partial charge in [0, 0.05) is 43.3 Å². The molecule has 0 spiro atoms.